The lowest BCUT2D eigenvalue weighted by Gasteiger charge is -2.36. The second kappa shape index (κ2) is 15.6. The molecule has 4 rings (SSSR count). The van der Waals surface area contributed by atoms with Crippen molar-refractivity contribution >= 4 is 21.5 Å². The third-order valence-corrected chi connectivity index (χ3v) is 8.72. The minimum Gasteiger partial charge on any atom is -0.565 e. The molecule has 1 saturated heterocycles. The average Bonchev–Trinajstić information content (AvgIpc) is 2.99. The van der Waals surface area contributed by atoms with Crippen LogP contribution in [0.3, 0.4) is 0 Å². The van der Waals surface area contributed by atoms with Crippen molar-refractivity contribution in [2.45, 2.75) is 39.3 Å². The van der Waals surface area contributed by atoms with E-state index in [2.05, 4.69) is 58.0 Å². The summed E-state index contributed by atoms with van der Waals surface area (Å²) in [6, 6.07) is 16.6. The lowest BCUT2D eigenvalue weighted by molar-refractivity contribution is -0.137. The van der Waals surface area contributed by atoms with Crippen molar-refractivity contribution in [3.8, 4) is 17.6 Å². The molecule has 0 spiro atoms. The SMILES string of the molecule is CC#CC(CC(=O)[OH2+])C1C=CC(OCc2ccc(CN3CCN(c4ccc(OCCCS(C)(=O)=O)cc4)CC3)cc2)=CC1. The maximum Gasteiger partial charge on any atom is 0.517 e. The van der Waals surface area contributed by atoms with Gasteiger partial charge in [0.1, 0.15) is 34.4 Å². The Labute approximate surface area is 255 Å². The van der Waals surface area contributed by atoms with Crippen LogP contribution in [0.15, 0.2) is 72.5 Å². The molecule has 9 heteroatoms. The number of benzene rings is 2. The van der Waals surface area contributed by atoms with Crippen molar-refractivity contribution in [1.82, 2.24) is 4.90 Å². The molecule has 2 aliphatic rings. The van der Waals surface area contributed by atoms with E-state index >= 15 is 0 Å². The Morgan fingerprint density at radius 3 is 2.33 bits per heavy atom. The molecule has 1 heterocycles. The minimum atomic E-state index is -2.95. The molecule has 0 aromatic heterocycles. The van der Waals surface area contributed by atoms with Crippen LogP contribution >= 0.6 is 0 Å². The van der Waals surface area contributed by atoms with E-state index in [0.29, 0.717) is 19.6 Å². The molecule has 8 nitrogen and oxygen atoms in total. The third kappa shape index (κ3) is 10.8. The molecule has 0 amide bonds. The first kappa shape index (κ1) is 32.2. The third-order valence-electron chi connectivity index (χ3n) is 7.69. The van der Waals surface area contributed by atoms with Crippen LogP contribution in [0, 0.1) is 23.7 Å². The second-order valence-corrected chi connectivity index (χ2v) is 13.4. The number of hydrogen-bond donors (Lipinski definition) is 0. The van der Waals surface area contributed by atoms with Crippen LogP contribution in [0.5, 0.6) is 5.75 Å². The second-order valence-electron chi connectivity index (χ2n) is 11.2. The van der Waals surface area contributed by atoms with Crippen molar-refractivity contribution < 1.29 is 27.8 Å². The van der Waals surface area contributed by atoms with E-state index in [4.69, 9.17) is 14.6 Å². The van der Waals surface area contributed by atoms with Gasteiger partial charge in [-0.25, -0.2) is 8.42 Å². The molecule has 1 fully saturated rings. The number of carbonyl (C=O) groups is 1. The highest BCUT2D eigenvalue weighted by molar-refractivity contribution is 7.90. The highest BCUT2D eigenvalue weighted by Crippen LogP contribution is 2.27. The Hall–Kier alpha value is -3.74. The number of sulfone groups is 1. The van der Waals surface area contributed by atoms with Gasteiger partial charge in [-0.05, 0) is 73.2 Å². The molecule has 0 saturated carbocycles. The topological polar surface area (TPSA) is 99.1 Å². The molecular weight excluding hydrogens is 564 g/mol. The van der Waals surface area contributed by atoms with E-state index in [9.17, 15) is 13.2 Å². The first-order valence-corrected chi connectivity index (χ1v) is 16.9. The summed E-state index contributed by atoms with van der Waals surface area (Å²) in [4.78, 5) is 16.1. The van der Waals surface area contributed by atoms with E-state index in [1.165, 1.54) is 17.5 Å². The number of carbonyl (C=O) groups excluding carboxylic acids is 1. The van der Waals surface area contributed by atoms with Crippen LogP contribution in [0.2, 0.25) is 0 Å². The standard InChI is InChI=1S/C34H42N2O6S/c1-3-5-30(24-34(37)38)29-10-14-33(15-11-29)42-26-28-8-6-27(7-9-28)25-35-18-20-36(21-19-35)31-12-16-32(17-13-31)41-22-4-23-43(2,39)40/h6-10,12-17,29-30H,4,11,18-26H2,1-2H3,(H,37,38)/p+1. The number of nitrogens with zero attached hydrogens (tertiary/aromatic N) is 2. The zero-order valence-electron chi connectivity index (χ0n) is 25.1. The van der Waals surface area contributed by atoms with Gasteiger partial charge in [-0.3, -0.25) is 4.90 Å². The fraction of sp³-hybridized carbons (Fsp3) is 0.441. The van der Waals surface area contributed by atoms with Crippen LogP contribution < -0.4 is 9.64 Å². The summed E-state index contributed by atoms with van der Waals surface area (Å²) in [6.45, 7) is 7.43. The molecule has 43 heavy (non-hydrogen) atoms. The van der Waals surface area contributed by atoms with E-state index < -0.39 is 15.8 Å². The van der Waals surface area contributed by atoms with Crippen LogP contribution in [0.4, 0.5) is 5.69 Å². The molecule has 2 aromatic rings. The lowest BCUT2D eigenvalue weighted by atomic mass is 9.85. The fourth-order valence-corrected chi connectivity index (χ4v) is 5.95. The average molecular weight is 608 g/mol. The van der Waals surface area contributed by atoms with Crippen LogP contribution in [-0.2, 0) is 32.5 Å². The maximum atomic E-state index is 11.3. The normalized spacial score (nSPS) is 17.9. The van der Waals surface area contributed by atoms with E-state index in [1.807, 2.05) is 30.4 Å². The minimum absolute atomic E-state index is 0.126. The van der Waals surface area contributed by atoms with E-state index in [1.54, 1.807) is 6.92 Å². The first-order valence-electron chi connectivity index (χ1n) is 14.8. The molecule has 2 aromatic carbocycles. The largest absolute Gasteiger partial charge is 0.565 e. The van der Waals surface area contributed by atoms with Gasteiger partial charge in [-0.15, -0.1) is 5.92 Å². The number of piperazine rings is 1. The molecule has 0 radical (unpaired) electrons. The van der Waals surface area contributed by atoms with Crippen LogP contribution in [0.25, 0.3) is 0 Å². The van der Waals surface area contributed by atoms with Crippen LogP contribution in [0.1, 0.15) is 37.3 Å². The van der Waals surface area contributed by atoms with Gasteiger partial charge in [0.05, 0.1) is 12.4 Å². The van der Waals surface area contributed by atoms with Crippen LogP contribution in [-0.4, -0.2) is 69.2 Å². The van der Waals surface area contributed by atoms with Gasteiger partial charge in [-0.2, -0.15) is 0 Å². The number of hydrogen-bond acceptors (Lipinski definition) is 7. The molecular formula is C34H43N2O6S+. The number of ether oxygens (including phenoxy) is 2. The van der Waals surface area contributed by atoms with Crippen molar-refractivity contribution in [2.24, 2.45) is 11.8 Å². The zero-order valence-corrected chi connectivity index (χ0v) is 25.9. The fourth-order valence-electron chi connectivity index (χ4n) is 5.31. The Morgan fingerprint density at radius 1 is 1.02 bits per heavy atom. The van der Waals surface area contributed by atoms with Crippen molar-refractivity contribution in [3.63, 3.8) is 0 Å². The maximum absolute atomic E-state index is 11.3. The summed E-state index contributed by atoms with van der Waals surface area (Å²) in [5, 5.41) is 7.28. The summed E-state index contributed by atoms with van der Waals surface area (Å²) in [6.07, 6.45) is 8.69. The lowest BCUT2D eigenvalue weighted by Crippen LogP contribution is -2.45. The number of rotatable bonds is 14. The predicted molar refractivity (Wildman–Crippen MR) is 170 cm³/mol. The summed E-state index contributed by atoms with van der Waals surface area (Å²) in [7, 11) is -2.95. The first-order chi connectivity index (χ1) is 20.7. The highest BCUT2D eigenvalue weighted by atomic mass is 32.2. The Kier molecular flexibility index (Phi) is 11.7. The van der Waals surface area contributed by atoms with E-state index in [0.717, 1.165) is 56.2 Å². The molecule has 2 unspecified atom stereocenters. The Morgan fingerprint density at radius 2 is 1.72 bits per heavy atom. The monoisotopic (exact) mass is 607 g/mol. The smallest absolute Gasteiger partial charge is 0.517 e. The van der Waals surface area contributed by atoms with Gasteiger partial charge in [0.2, 0.25) is 0 Å². The van der Waals surface area contributed by atoms with Gasteiger partial charge in [-0.1, -0.05) is 36.3 Å². The Balaban J connectivity index is 1.16. The summed E-state index contributed by atoms with van der Waals surface area (Å²) in [5.74, 6) is 7.11. The van der Waals surface area contributed by atoms with Crippen molar-refractivity contribution in [3.05, 3.63) is 83.6 Å². The molecule has 2 atom stereocenters. The van der Waals surface area contributed by atoms with Crippen molar-refractivity contribution in [2.75, 3.05) is 49.7 Å². The Bertz CT molecular complexity index is 1430. The van der Waals surface area contributed by atoms with Gasteiger partial charge >= 0.3 is 5.97 Å². The molecule has 1 aliphatic carbocycles. The van der Waals surface area contributed by atoms with Gasteiger partial charge in [0.25, 0.3) is 0 Å². The molecule has 1 aliphatic heterocycles. The molecule has 0 bridgehead atoms. The zero-order chi connectivity index (χ0) is 30.7. The number of allylic oxidation sites excluding steroid dienone is 3. The summed E-state index contributed by atoms with van der Waals surface area (Å²) < 4.78 is 34.2. The quantitative estimate of drug-likeness (QED) is 0.181. The van der Waals surface area contributed by atoms with E-state index in [-0.39, 0.29) is 24.0 Å². The predicted octanol–water partition coefficient (Wildman–Crippen LogP) is 4.08. The highest BCUT2D eigenvalue weighted by Gasteiger charge is 2.25. The summed E-state index contributed by atoms with van der Waals surface area (Å²) in [5.41, 5.74) is 3.56. The molecule has 230 valence electrons. The number of anilines is 1. The van der Waals surface area contributed by atoms with Gasteiger partial charge in [0.15, 0.2) is 0 Å². The van der Waals surface area contributed by atoms with Gasteiger partial charge in [0, 0.05) is 55.4 Å². The summed E-state index contributed by atoms with van der Waals surface area (Å²) >= 11 is 0. The molecule has 2 N–H and O–H groups in total. The van der Waals surface area contributed by atoms with Crippen molar-refractivity contribution in [1.29, 1.82) is 0 Å². The van der Waals surface area contributed by atoms with Gasteiger partial charge < -0.3 is 19.5 Å².